The van der Waals surface area contributed by atoms with Crippen LogP contribution in [0.25, 0.3) is 0 Å². The number of amides is 1. The van der Waals surface area contributed by atoms with Gasteiger partial charge in [0.25, 0.3) is 0 Å². The minimum Gasteiger partial charge on any atom is -0.468 e. The van der Waals surface area contributed by atoms with Gasteiger partial charge < -0.3 is 14.5 Å². The Bertz CT molecular complexity index is 704. The van der Waals surface area contributed by atoms with Crippen molar-refractivity contribution < 1.29 is 13.9 Å². The maximum absolute atomic E-state index is 13.0. The van der Waals surface area contributed by atoms with Crippen LogP contribution in [0.3, 0.4) is 0 Å². The molecule has 1 aromatic carbocycles. The van der Waals surface area contributed by atoms with Crippen molar-refractivity contribution in [3.05, 3.63) is 59.5 Å². The third-order valence-electron chi connectivity index (χ3n) is 5.21. The van der Waals surface area contributed by atoms with Crippen molar-refractivity contribution >= 4 is 5.91 Å². The predicted octanol–water partition coefficient (Wildman–Crippen LogP) is 3.52. The van der Waals surface area contributed by atoms with Gasteiger partial charge in [0.05, 0.1) is 31.4 Å². The van der Waals surface area contributed by atoms with Crippen LogP contribution in [0, 0.1) is 12.8 Å². The molecular formula is C22H30N2O3. The van der Waals surface area contributed by atoms with Crippen molar-refractivity contribution in [2.24, 2.45) is 5.92 Å². The van der Waals surface area contributed by atoms with E-state index in [9.17, 15) is 4.79 Å². The summed E-state index contributed by atoms with van der Waals surface area (Å²) in [7, 11) is 0. The first kappa shape index (κ1) is 19.6. The lowest BCUT2D eigenvalue weighted by molar-refractivity contribution is -0.123. The maximum atomic E-state index is 13.0. The lowest BCUT2D eigenvalue weighted by Crippen LogP contribution is -2.44. The van der Waals surface area contributed by atoms with Crippen molar-refractivity contribution in [1.29, 1.82) is 0 Å². The van der Waals surface area contributed by atoms with Crippen molar-refractivity contribution in [3.8, 4) is 0 Å². The zero-order valence-electron chi connectivity index (χ0n) is 16.5. The lowest BCUT2D eigenvalue weighted by atomic mass is 9.87. The van der Waals surface area contributed by atoms with Gasteiger partial charge in [0.1, 0.15) is 5.76 Å². The number of hydrogen-bond donors (Lipinski definition) is 1. The molecule has 0 bridgehead atoms. The van der Waals surface area contributed by atoms with Gasteiger partial charge >= 0.3 is 0 Å². The minimum absolute atomic E-state index is 0.0266. The quantitative estimate of drug-likeness (QED) is 0.810. The number of carbonyl (C=O) groups excluding carboxylic acids is 1. The molecule has 1 aliphatic rings. The molecule has 1 aromatic heterocycles. The number of morpholine rings is 1. The average molecular weight is 370 g/mol. The van der Waals surface area contributed by atoms with Crippen LogP contribution < -0.4 is 5.32 Å². The number of aryl methyl sites for hydroxylation is 1. The summed E-state index contributed by atoms with van der Waals surface area (Å²) in [6, 6.07) is 12.2. The van der Waals surface area contributed by atoms with E-state index in [1.807, 2.05) is 12.1 Å². The Morgan fingerprint density at radius 3 is 2.44 bits per heavy atom. The molecule has 5 nitrogen and oxygen atoms in total. The number of carbonyl (C=O) groups is 1. The topological polar surface area (TPSA) is 54.7 Å². The Morgan fingerprint density at radius 1 is 1.15 bits per heavy atom. The van der Waals surface area contributed by atoms with Gasteiger partial charge in [-0.05, 0) is 30.5 Å². The Hall–Kier alpha value is -2.11. The molecular weight excluding hydrogens is 340 g/mol. The molecule has 3 rings (SSSR count). The van der Waals surface area contributed by atoms with Crippen LogP contribution in [-0.2, 0) is 9.53 Å². The van der Waals surface area contributed by atoms with Crippen LogP contribution in [0.4, 0.5) is 0 Å². The molecule has 0 spiro atoms. The number of benzene rings is 1. The number of rotatable bonds is 7. The summed E-state index contributed by atoms with van der Waals surface area (Å²) in [5.41, 5.74) is 2.26. The van der Waals surface area contributed by atoms with Crippen LogP contribution in [0.15, 0.2) is 47.1 Å². The van der Waals surface area contributed by atoms with E-state index < -0.39 is 0 Å². The van der Waals surface area contributed by atoms with E-state index in [0.29, 0.717) is 19.8 Å². The molecule has 27 heavy (non-hydrogen) atoms. The standard InChI is InChI=1S/C22H30N2O3/c1-16(2)21(18-8-6-17(3)7-9-18)22(25)23-15-19(20-5-4-12-27-20)24-10-13-26-14-11-24/h4-9,12,16,19,21H,10-11,13-15H2,1-3H3,(H,23,25). The molecule has 1 aliphatic heterocycles. The second-order valence-corrected chi connectivity index (χ2v) is 7.56. The third-order valence-corrected chi connectivity index (χ3v) is 5.21. The first-order valence-corrected chi connectivity index (χ1v) is 9.75. The number of ether oxygens (including phenoxy) is 1. The van der Waals surface area contributed by atoms with Gasteiger partial charge in [0, 0.05) is 19.6 Å². The normalized spacial score (nSPS) is 17.6. The maximum Gasteiger partial charge on any atom is 0.227 e. The van der Waals surface area contributed by atoms with E-state index in [0.717, 1.165) is 24.4 Å². The summed E-state index contributed by atoms with van der Waals surface area (Å²) < 4.78 is 11.1. The number of nitrogens with one attached hydrogen (secondary N) is 1. The van der Waals surface area contributed by atoms with Gasteiger partial charge in [-0.1, -0.05) is 43.7 Å². The smallest absolute Gasteiger partial charge is 0.227 e. The second-order valence-electron chi connectivity index (χ2n) is 7.56. The molecule has 0 aliphatic carbocycles. The molecule has 2 atom stereocenters. The highest BCUT2D eigenvalue weighted by Gasteiger charge is 2.28. The van der Waals surface area contributed by atoms with E-state index >= 15 is 0 Å². The van der Waals surface area contributed by atoms with Gasteiger partial charge in [-0.3, -0.25) is 9.69 Å². The van der Waals surface area contributed by atoms with Crippen LogP contribution in [0.2, 0.25) is 0 Å². The molecule has 2 heterocycles. The first-order valence-electron chi connectivity index (χ1n) is 9.75. The van der Waals surface area contributed by atoms with E-state index in [1.54, 1.807) is 6.26 Å². The molecule has 1 N–H and O–H groups in total. The fraction of sp³-hybridized carbons (Fsp3) is 0.500. The summed E-state index contributed by atoms with van der Waals surface area (Å²) in [6.07, 6.45) is 1.69. The van der Waals surface area contributed by atoms with Crippen molar-refractivity contribution in [2.45, 2.75) is 32.7 Å². The lowest BCUT2D eigenvalue weighted by Gasteiger charge is -2.33. The predicted molar refractivity (Wildman–Crippen MR) is 106 cm³/mol. The van der Waals surface area contributed by atoms with E-state index in [4.69, 9.17) is 9.15 Å². The molecule has 1 fully saturated rings. The Balaban J connectivity index is 1.71. The van der Waals surface area contributed by atoms with Crippen molar-refractivity contribution in [3.63, 3.8) is 0 Å². The van der Waals surface area contributed by atoms with Crippen molar-refractivity contribution in [1.82, 2.24) is 10.2 Å². The monoisotopic (exact) mass is 370 g/mol. The van der Waals surface area contributed by atoms with Gasteiger partial charge in [0.2, 0.25) is 5.91 Å². The van der Waals surface area contributed by atoms with Gasteiger partial charge in [-0.2, -0.15) is 0 Å². The molecule has 146 valence electrons. The summed E-state index contributed by atoms with van der Waals surface area (Å²) in [5, 5.41) is 3.18. The zero-order chi connectivity index (χ0) is 19.2. The van der Waals surface area contributed by atoms with Gasteiger partial charge in [0.15, 0.2) is 0 Å². The third kappa shape index (κ3) is 4.99. The van der Waals surface area contributed by atoms with Crippen molar-refractivity contribution in [2.75, 3.05) is 32.8 Å². The molecule has 0 saturated carbocycles. The van der Waals surface area contributed by atoms with Crippen LogP contribution in [0.1, 0.15) is 42.7 Å². The molecule has 2 aromatic rings. The van der Waals surface area contributed by atoms with Crippen LogP contribution in [-0.4, -0.2) is 43.7 Å². The van der Waals surface area contributed by atoms with E-state index in [2.05, 4.69) is 55.3 Å². The largest absolute Gasteiger partial charge is 0.468 e. The van der Waals surface area contributed by atoms with Crippen LogP contribution >= 0.6 is 0 Å². The Kier molecular flexibility index (Phi) is 6.69. The highest BCUT2D eigenvalue weighted by atomic mass is 16.5. The number of furan rings is 1. The minimum atomic E-state index is -0.160. The fourth-order valence-corrected chi connectivity index (χ4v) is 3.70. The molecule has 2 unspecified atom stereocenters. The number of hydrogen-bond acceptors (Lipinski definition) is 4. The Morgan fingerprint density at radius 2 is 1.85 bits per heavy atom. The second kappa shape index (κ2) is 9.20. The highest BCUT2D eigenvalue weighted by molar-refractivity contribution is 5.84. The van der Waals surface area contributed by atoms with E-state index in [1.165, 1.54) is 5.56 Å². The molecule has 5 heteroatoms. The number of nitrogens with zero attached hydrogens (tertiary/aromatic N) is 1. The van der Waals surface area contributed by atoms with E-state index in [-0.39, 0.29) is 23.8 Å². The first-order chi connectivity index (χ1) is 13.1. The Labute approximate surface area is 161 Å². The van der Waals surface area contributed by atoms with Gasteiger partial charge in [-0.25, -0.2) is 0 Å². The molecule has 0 radical (unpaired) electrons. The fourth-order valence-electron chi connectivity index (χ4n) is 3.70. The average Bonchev–Trinajstić information content (AvgIpc) is 3.19. The summed E-state index contributed by atoms with van der Waals surface area (Å²) >= 11 is 0. The zero-order valence-corrected chi connectivity index (χ0v) is 16.5. The summed E-state index contributed by atoms with van der Waals surface area (Å²) in [5.74, 6) is 1.01. The summed E-state index contributed by atoms with van der Waals surface area (Å²) in [6.45, 7) is 9.88. The SMILES string of the molecule is Cc1ccc(C(C(=O)NCC(c2ccco2)N2CCOCC2)C(C)C)cc1. The van der Waals surface area contributed by atoms with Gasteiger partial charge in [-0.15, -0.1) is 0 Å². The summed E-state index contributed by atoms with van der Waals surface area (Å²) in [4.78, 5) is 15.4. The molecule has 1 amide bonds. The highest BCUT2D eigenvalue weighted by Crippen LogP contribution is 2.26. The molecule has 1 saturated heterocycles. The van der Waals surface area contributed by atoms with Crippen LogP contribution in [0.5, 0.6) is 0 Å².